The molecule has 5 rings (SSSR count). The first kappa shape index (κ1) is 25.1. The van der Waals surface area contributed by atoms with Gasteiger partial charge in [0.05, 0.1) is 11.5 Å². The fraction of sp³-hybridized carbons (Fsp3) is 0.375. The molecule has 0 radical (unpaired) electrons. The SMILES string of the molecule is CC1CCN(c2ccc(NC(=O)C(c3ccccc3)c3ccccc3)cc2C(=O)N2CCCCC2)CC1. The first-order valence-electron chi connectivity index (χ1n) is 13.7. The van der Waals surface area contributed by atoms with E-state index in [9.17, 15) is 9.59 Å². The van der Waals surface area contributed by atoms with Crippen LogP contribution in [-0.4, -0.2) is 42.9 Å². The number of nitrogens with one attached hydrogen (secondary N) is 1. The van der Waals surface area contributed by atoms with Crippen LogP contribution >= 0.6 is 0 Å². The molecule has 2 saturated heterocycles. The second-order valence-electron chi connectivity index (χ2n) is 10.5. The van der Waals surface area contributed by atoms with Crippen LogP contribution in [0.3, 0.4) is 0 Å². The number of piperidine rings is 2. The van der Waals surface area contributed by atoms with E-state index in [4.69, 9.17) is 0 Å². The van der Waals surface area contributed by atoms with E-state index >= 15 is 0 Å². The van der Waals surface area contributed by atoms with E-state index in [1.807, 2.05) is 83.8 Å². The van der Waals surface area contributed by atoms with Gasteiger partial charge in [-0.2, -0.15) is 0 Å². The molecule has 0 unspecified atom stereocenters. The lowest BCUT2D eigenvalue weighted by Gasteiger charge is -2.35. The highest BCUT2D eigenvalue weighted by atomic mass is 16.2. The zero-order valence-electron chi connectivity index (χ0n) is 21.7. The van der Waals surface area contributed by atoms with Crippen LogP contribution < -0.4 is 10.2 Å². The average Bonchev–Trinajstić information content (AvgIpc) is 2.95. The van der Waals surface area contributed by atoms with Crippen molar-refractivity contribution in [3.8, 4) is 0 Å². The molecule has 2 fully saturated rings. The number of anilines is 2. The van der Waals surface area contributed by atoms with Crippen LogP contribution in [-0.2, 0) is 4.79 Å². The lowest BCUT2D eigenvalue weighted by Crippen LogP contribution is -2.38. The van der Waals surface area contributed by atoms with E-state index in [1.54, 1.807) is 0 Å². The highest BCUT2D eigenvalue weighted by Crippen LogP contribution is 2.32. The number of carbonyl (C=O) groups excluding carboxylic acids is 2. The maximum atomic E-state index is 13.7. The van der Waals surface area contributed by atoms with Crippen molar-refractivity contribution in [1.29, 1.82) is 0 Å². The molecule has 2 heterocycles. The summed E-state index contributed by atoms with van der Waals surface area (Å²) < 4.78 is 0. The first-order chi connectivity index (χ1) is 18.1. The minimum absolute atomic E-state index is 0.0760. The minimum atomic E-state index is -0.438. The van der Waals surface area contributed by atoms with Crippen molar-refractivity contribution in [3.63, 3.8) is 0 Å². The Morgan fingerprint density at radius 3 is 1.97 bits per heavy atom. The van der Waals surface area contributed by atoms with Gasteiger partial charge in [0.15, 0.2) is 0 Å². The largest absolute Gasteiger partial charge is 0.371 e. The molecule has 37 heavy (non-hydrogen) atoms. The summed E-state index contributed by atoms with van der Waals surface area (Å²) in [5.74, 6) is 0.247. The van der Waals surface area contributed by atoms with Crippen LogP contribution in [0, 0.1) is 5.92 Å². The van der Waals surface area contributed by atoms with Crippen LogP contribution in [0.25, 0.3) is 0 Å². The molecule has 2 amide bonds. The van der Waals surface area contributed by atoms with Crippen molar-refractivity contribution in [3.05, 3.63) is 95.6 Å². The lowest BCUT2D eigenvalue weighted by atomic mass is 9.90. The number of rotatable bonds is 6. The van der Waals surface area contributed by atoms with Gasteiger partial charge in [-0.05, 0) is 67.3 Å². The summed E-state index contributed by atoms with van der Waals surface area (Å²) in [5.41, 5.74) is 4.23. The Hall–Kier alpha value is -3.60. The van der Waals surface area contributed by atoms with Crippen LogP contribution in [0.4, 0.5) is 11.4 Å². The molecule has 3 aromatic carbocycles. The van der Waals surface area contributed by atoms with Gasteiger partial charge in [0.2, 0.25) is 5.91 Å². The normalized spacial score (nSPS) is 16.6. The number of likely N-dealkylation sites (tertiary alicyclic amines) is 1. The van der Waals surface area contributed by atoms with Crippen LogP contribution in [0.15, 0.2) is 78.9 Å². The molecular weight excluding hydrogens is 458 g/mol. The highest BCUT2D eigenvalue weighted by molar-refractivity contribution is 6.03. The molecule has 0 bridgehead atoms. The third kappa shape index (κ3) is 5.87. The van der Waals surface area contributed by atoms with Crippen LogP contribution in [0.1, 0.15) is 66.4 Å². The fourth-order valence-electron chi connectivity index (χ4n) is 5.58. The van der Waals surface area contributed by atoms with E-state index < -0.39 is 5.92 Å². The molecule has 3 aromatic rings. The average molecular weight is 496 g/mol. The van der Waals surface area contributed by atoms with E-state index in [2.05, 4.69) is 17.1 Å². The van der Waals surface area contributed by atoms with E-state index in [1.165, 1.54) is 6.42 Å². The van der Waals surface area contributed by atoms with Crippen molar-refractivity contribution >= 4 is 23.2 Å². The Labute approximate surface area is 220 Å². The number of nitrogens with zero attached hydrogens (tertiary/aromatic N) is 2. The molecule has 0 aliphatic carbocycles. The van der Waals surface area contributed by atoms with E-state index in [0.29, 0.717) is 17.2 Å². The van der Waals surface area contributed by atoms with Gasteiger partial charge in [-0.1, -0.05) is 67.6 Å². The molecular formula is C32H37N3O2. The van der Waals surface area contributed by atoms with Crippen molar-refractivity contribution in [2.75, 3.05) is 36.4 Å². The zero-order chi connectivity index (χ0) is 25.6. The molecule has 2 aliphatic heterocycles. The Bertz CT molecular complexity index is 1160. The maximum absolute atomic E-state index is 13.7. The van der Waals surface area contributed by atoms with Crippen LogP contribution in [0.2, 0.25) is 0 Å². The van der Waals surface area contributed by atoms with E-state index in [-0.39, 0.29) is 11.8 Å². The smallest absolute Gasteiger partial charge is 0.256 e. The Balaban J connectivity index is 1.45. The van der Waals surface area contributed by atoms with Crippen molar-refractivity contribution in [1.82, 2.24) is 4.90 Å². The number of hydrogen-bond donors (Lipinski definition) is 1. The molecule has 0 spiro atoms. The van der Waals surface area contributed by atoms with Gasteiger partial charge in [0, 0.05) is 37.6 Å². The topological polar surface area (TPSA) is 52.7 Å². The minimum Gasteiger partial charge on any atom is -0.371 e. The standard InChI is InChI=1S/C32H37N3O2/c1-24-17-21-34(22-18-24)29-16-15-27(23-28(29)32(37)35-19-9-4-10-20-35)33-31(36)30(25-11-5-2-6-12-25)26-13-7-3-8-14-26/h2-3,5-8,11-16,23-24,30H,4,9-10,17-22H2,1H3,(H,33,36). The molecule has 5 heteroatoms. The highest BCUT2D eigenvalue weighted by Gasteiger charge is 2.27. The molecule has 0 aromatic heterocycles. The molecule has 0 atom stereocenters. The molecule has 1 N–H and O–H groups in total. The number of hydrogen-bond acceptors (Lipinski definition) is 3. The van der Waals surface area contributed by atoms with Crippen molar-refractivity contribution in [2.45, 2.75) is 44.9 Å². The van der Waals surface area contributed by atoms with Gasteiger partial charge in [0.25, 0.3) is 5.91 Å². The monoisotopic (exact) mass is 495 g/mol. The van der Waals surface area contributed by atoms with Gasteiger partial charge >= 0.3 is 0 Å². The molecule has 2 aliphatic rings. The predicted octanol–water partition coefficient (Wildman–Crippen LogP) is 6.32. The van der Waals surface area contributed by atoms with Gasteiger partial charge in [-0.3, -0.25) is 9.59 Å². The van der Waals surface area contributed by atoms with Gasteiger partial charge < -0.3 is 15.1 Å². The quantitative estimate of drug-likeness (QED) is 0.435. The number of carbonyl (C=O) groups is 2. The third-order valence-electron chi connectivity index (χ3n) is 7.79. The summed E-state index contributed by atoms with van der Waals surface area (Å²) in [6.45, 7) is 5.81. The Morgan fingerprint density at radius 1 is 0.784 bits per heavy atom. The van der Waals surface area contributed by atoms with Crippen molar-refractivity contribution < 1.29 is 9.59 Å². The Kier molecular flexibility index (Phi) is 7.88. The van der Waals surface area contributed by atoms with Gasteiger partial charge in [0.1, 0.15) is 0 Å². The summed E-state index contributed by atoms with van der Waals surface area (Å²) in [6, 6.07) is 25.6. The number of benzene rings is 3. The Morgan fingerprint density at radius 2 is 1.38 bits per heavy atom. The summed E-state index contributed by atoms with van der Waals surface area (Å²) in [6.07, 6.45) is 5.54. The zero-order valence-corrected chi connectivity index (χ0v) is 21.7. The van der Waals surface area contributed by atoms with Gasteiger partial charge in [-0.15, -0.1) is 0 Å². The fourth-order valence-corrected chi connectivity index (χ4v) is 5.58. The second-order valence-corrected chi connectivity index (χ2v) is 10.5. The van der Waals surface area contributed by atoms with E-state index in [0.717, 1.165) is 68.7 Å². The molecule has 5 nitrogen and oxygen atoms in total. The third-order valence-corrected chi connectivity index (χ3v) is 7.79. The summed E-state index contributed by atoms with van der Waals surface area (Å²) >= 11 is 0. The lowest BCUT2D eigenvalue weighted by molar-refractivity contribution is -0.116. The summed E-state index contributed by atoms with van der Waals surface area (Å²) in [5, 5.41) is 3.15. The predicted molar refractivity (Wildman–Crippen MR) is 150 cm³/mol. The van der Waals surface area contributed by atoms with Crippen molar-refractivity contribution in [2.24, 2.45) is 5.92 Å². The number of amides is 2. The molecule has 0 saturated carbocycles. The van der Waals surface area contributed by atoms with Crippen LogP contribution in [0.5, 0.6) is 0 Å². The maximum Gasteiger partial charge on any atom is 0.256 e. The summed E-state index contributed by atoms with van der Waals surface area (Å²) in [7, 11) is 0. The first-order valence-corrected chi connectivity index (χ1v) is 13.7. The molecule has 192 valence electrons. The second kappa shape index (κ2) is 11.6. The summed E-state index contributed by atoms with van der Waals surface area (Å²) in [4.78, 5) is 31.8. The van der Waals surface area contributed by atoms with Gasteiger partial charge in [-0.25, -0.2) is 0 Å².